The fourth-order valence-electron chi connectivity index (χ4n) is 3.06. The summed E-state index contributed by atoms with van der Waals surface area (Å²) in [6, 6.07) is 19.0. The van der Waals surface area contributed by atoms with Crippen LogP contribution in [-0.4, -0.2) is 31.8 Å². The molecule has 0 radical (unpaired) electrons. The molecule has 30 heavy (non-hydrogen) atoms. The van der Waals surface area contributed by atoms with E-state index >= 15 is 0 Å². The molecule has 0 aliphatic carbocycles. The van der Waals surface area contributed by atoms with Crippen molar-refractivity contribution in [2.24, 2.45) is 0 Å². The summed E-state index contributed by atoms with van der Waals surface area (Å²) in [5.74, 6) is -0.905. The molecule has 1 atom stereocenters. The Morgan fingerprint density at radius 2 is 1.60 bits per heavy atom. The van der Waals surface area contributed by atoms with Crippen LogP contribution < -0.4 is 9.04 Å². The van der Waals surface area contributed by atoms with E-state index in [-0.39, 0.29) is 12.1 Å². The van der Waals surface area contributed by atoms with Gasteiger partial charge >= 0.3 is 5.97 Å². The molecular formula is C22H20FNO5S. The number of para-hydroxylation sites is 2. The molecule has 0 heterocycles. The van der Waals surface area contributed by atoms with E-state index in [9.17, 15) is 22.7 Å². The van der Waals surface area contributed by atoms with Crippen LogP contribution in [0.5, 0.6) is 11.5 Å². The molecule has 0 aliphatic heterocycles. The van der Waals surface area contributed by atoms with Crippen molar-refractivity contribution in [2.45, 2.75) is 12.5 Å². The number of nitrogens with zero attached hydrogens (tertiary/aromatic N) is 1. The number of benzene rings is 3. The quantitative estimate of drug-likeness (QED) is 0.583. The topological polar surface area (TPSA) is 83.9 Å². The number of carbonyl (C=O) groups is 1. The fraction of sp³-hybridized carbons (Fsp3) is 0.136. The van der Waals surface area contributed by atoms with Crippen molar-refractivity contribution in [3.63, 3.8) is 0 Å². The first-order chi connectivity index (χ1) is 14.3. The molecule has 0 amide bonds. The molecule has 0 saturated heterocycles. The minimum atomic E-state index is -3.98. The third-order valence-electron chi connectivity index (χ3n) is 4.36. The van der Waals surface area contributed by atoms with Gasteiger partial charge in [0.05, 0.1) is 11.9 Å². The Balaban J connectivity index is 1.99. The molecule has 6 nitrogen and oxygen atoms in total. The first-order valence-corrected chi connectivity index (χ1v) is 10.9. The number of carboxylic acids is 1. The normalized spacial score (nSPS) is 12.2. The lowest BCUT2D eigenvalue weighted by atomic mass is 10.0. The van der Waals surface area contributed by atoms with E-state index in [0.29, 0.717) is 17.1 Å². The number of hydrogen-bond acceptors (Lipinski definition) is 4. The molecular weight excluding hydrogens is 409 g/mol. The Labute approximate surface area is 174 Å². The summed E-state index contributed by atoms with van der Waals surface area (Å²) in [5, 5.41) is 9.84. The van der Waals surface area contributed by atoms with Gasteiger partial charge in [0.2, 0.25) is 10.0 Å². The standard InChI is InChI=1S/C22H20FNO5S/c1-30(27,28)24(18-13-11-17(23)12-14-18)20(22(25)26)15-16-7-5-6-10-21(16)29-19-8-3-2-4-9-19/h2-14,20H,15H2,1H3,(H,25,26)/t20-/m1/s1. The summed E-state index contributed by atoms with van der Waals surface area (Å²) in [5.41, 5.74) is 0.581. The molecule has 0 saturated carbocycles. The highest BCUT2D eigenvalue weighted by molar-refractivity contribution is 7.92. The van der Waals surface area contributed by atoms with Crippen molar-refractivity contribution in [2.75, 3.05) is 10.6 Å². The van der Waals surface area contributed by atoms with Crippen LogP contribution >= 0.6 is 0 Å². The van der Waals surface area contributed by atoms with Crippen molar-refractivity contribution in [1.82, 2.24) is 0 Å². The summed E-state index contributed by atoms with van der Waals surface area (Å²) in [4.78, 5) is 12.1. The number of sulfonamides is 1. The van der Waals surface area contributed by atoms with Gasteiger partial charge in [-0.05, 0) is 48.0 Å². The lowest BCUT2D eigenvalue weighted by molar-refractivity contribution is -0.138. The van der Waals surface area contributed by atoms with Gasteiger partial charge in [0.1, 0.15) is 23.4 Å². The smallest absolute Gasteiger partial charge is 0.327 e. The van der Waals surface area contributed by atoms with Gasteiger partial charge in [-0.15, -0.1) is 0 Å². The Hall–Kier alpha value is -3.39. The van der Waals surface area contributed by atoms with E-state index in [1.54, 1.807) is 48.5 Å². The zero-order valence-electron chi connectivity index (χ0n) is 16.1. The predicted molar refractivity (Wildman–Crippen MR) is 112 cm³/mol. The summed E-state index contributed by atoms with van der Waals surface area (Å²) < 4.78 is 44.9. The molecule has 1 N–H and O–H groups in total. The average molecular weight is 429 g/mol. The van der Waals surface area contributed by atoms with Crippen LogP contribution in [0, 0.1) is 5.82 Å². The molecule has 3 aromatic rings. The summed E-state index contributed by atoms with van der Waals surface area (Å²) in [7, 11) is -3.98. The van der Waals surface area contributed by atoms with Crippen LogP contribution in [0.25, 0.3) is 0 Å². The molecule has 0 aromatic heterocycles. The molecule has 3 aromatic carbocycles. The van der Waals surface area contributed by atoms with E-state index in [2.05, 4.69) is 0 Å². The van der Waals surface area contributed by atoms with Crippen molar-refractivity contribution >= 4 is 21.7 Å². The minimum absolute atomic E-state index is 0.0627. The molecule has 0 spiro atoms. The molecule has 3 rings (SSSR count). The minimum Gasteiger partial charge on any atom is -0.480 e. The second-order valence-corrected chi connectivity index (χ2v) is 8.48. The number of carboxylic acid groups (broad SMARTS) is 1. The van der Waals surface area contributed by atoms with Crippen molar-refractivity contribution in [1.29, 1.82) is 0 Å². The Bertz CT molecular complexity index is 1120. The monoisotopic (exact) mass is 429 g/mol. The zero-order chi connectivity index (χ0) is 21.7. The van der Waals surface area contributed by atoms with Crippen molar-refractivity contribution < 1.29 is 27.4 Å². The number of aliphatic carboxylic acids is 1. The van der Waals surface area contributed by atoms with Crippen LogP contribution in [0.1, 0.15) is 5.56 Å². The van der Waals surface area contributed by atoms with Gasteiger partial charge in [-0.2, -0.15) is 0 Å². The van der Waals surface area contributed by atoms with Gasteiger partial charge in [-0.25, -0.2) is 17.6 Å². The molecule has 156 valence electrons. The second-order valence-electron chi connectivity index (χ2n) is 6.62. The highest BCUT2D eigenvalue weighted by Gasteiger charge is 2.33. The first-order valence-electron chi connectivity index (χ1n) is 9.04. The Morgan fingerprint density at radius 1 is 1.00 bits per heavy atom. The van der Waals surface area contributed by atoms with Crippen molar-refractivity contribution in [3.8, 4) is 11.5 Å². The predicted octanol–water partition coefficient (Wildman–Crippen LogP) is 4.08. The fourth-order valence-corrected chi connectivity index (χ4v) is 4.19. The highest BCUT2D eigenvalue weighted by atomic mass is 32.2. The Kier molecular flexibility index (Phi) is 6.37. The van der Waals surface area contributed by atoms with Gasteiger partial charge in [0, 0.05) is 6.42 Å². The van der Waals surface area contributed by atoms with E-state index in [1.807, 2.05) is 6.07 Å². The van der Waals surface area contributed by atoms with Crippen LogP contribution in [0.3, 0.4) is 0 Å². The van der Waals surface area contributed by atoms with Gasteiger partial charge in [-0.3, -0.25) is 4.31 Å². The summed E-state index contributed by atoms with van der Waals surface area (Å²) in [6.07, 6.45) is 0.765. The zero-order valence-corrected chi connectivity index (χ0v) is 16.9. The molecule has 0 unspecified atom stereocenters. The SMILES string of the molecule is CS(=O)(=O)N(c1ccc(F)cc1)[C@H](Cc1ccccc1Oc1ccccc1)C(=O)O. The van der Waals surface area contributed by atoms with Gasteiger partial charge in [0.25, 0.3) is 0 Å². The molecule has 8 heteroatoms. The van der Waals surface area contributed by atoms with E-state index in [1.165, 1.54) is 12.1 Å². The van der Waals surface area contributed by atoms with E-state index < -0.39 is 27.9 Å². The summed E-state index contributed by atoms with van der Waals surface area (Å²) >= 11 is 0. The largest absolute Gasteiger partial charge is 0.480 e. The number of rotatable bonds is 8. The van der Waals surface area contributed by atoms with Gasteiger partial charge < -0.3 is 9.84 Å². The highest BCUT2D eigenvalue weighted by Crippen LogP contribution is 2.29. The lowest BCUT2D eigenvalue weighted by Gasteiger charge is -2.29. The first kappa shape index (κ1) is 21.3. The summed E-state index contributed by atoms with van der Waals surface area (Å²) in [6.45, 7) is 0. The molecule has 0 bridgehead atoms. The van der Waals surface area contributed by atoms with Gasteiger partial charge in [-0.1, -0.05) is 36.4 Å². The van der Waals surface area contributed by atoms with E-state index in [4.69, 9.17) is 4.74 Å². The van der Waals surface area contributed by atoms with E-state index in [0.717, 1.165) is 22.7 Å². The van der Waals surface area contributed by atoms with Crippen molar-refractivity contribution in [3.05, 3.63) is 90.2 Å². The number of hydrogen-bond donors (Lipinski definition) is 1. The Morgan fingerprint density at radius 3 is 2.20 bits per heavy atom. The number of ether oxygens (including phenoxy) is 1. The number of halogens is 1. The maximum absolute atomic E-state index is 13.3. The van der Waals surface area contributed by atoms with Gasteiger partial charge in [0.15, 0.2) is 0 Å². The average Bonchev–Trinajstić information content (AvgIpc) is 2.70. The van der Waals surface area contributed by atoms with Crippen LogP contribution in [0.2, 0.25) is 0 Å². The van der Waals surface area contributed by atoms with Crippen LogP contribution in [-0.2, 0) is 21.2 Å². The molecule has 0 fully saturated rings. The third kappa shape index (κ3) is 5.15. The van der Waals surface area contributed by atoms with Crippen LogP contribution in [0.4, 0.5) is 10.1 Å². The van der Waals surface area contributed by atoms with Crippen LogP contribution in [0.15, 0.2) is 78.9 Å². The molecule has 0 aliphatic rings. The lowest BCUT2D eigenvalue weighted by Crippen LogP contribution is -2.46. The third-order valence-corrected chi connectivity index (χ3v) is 5.54. The maximum Gasteiger partial charge on any atom is 0.327 e. The maximum atomic E-state index is 13.3. The number of anilines is 1. The second kappa shape index (κ2) is 8.96.